The standard InChI is InChI=1S/C13H10N2O3/c14-5-9(6-16)13-10-4-12-11(17-7-18-12)3-8(10)1-2-15-13/h1-4,9,16H,6-7H2. The van der Waals surface area contributed by atoms with Gasteiger partial charge in [0.15, 0.2) is 11.5 Å². The van der Waals surface area contributed by atoms with E-state index in [0.717, 1.165) is 10.8 Å². The molecule has 18 heavy (non-hydrogen) atoms. The monoisotopic (exact) mass is 242 g/mol. The van der Waals surface area contributed by atoms with E-state index in [0.29, 0.717) is 17.2 Å². The van der Waals surface area contributed by atoms with Gasteiger partial charge in [0.25, 0.3) is 0 Å². The SMILES string of the molecule is N#CC(CO)c1nccc2cc3c(cc12)OCO3. The lowest BCUT2D eigenvalue weighted by Crippen LogP contribution is -2.04. The molecule has 1 aromatic heterocycles. The minimum absolute atomic E-state index is 0.204. The third kappa shape index (κ3) is 1.55. The summed E-state index contributed by atoms with van der Waals surface area (Å²) in [5, 5.41) is 20.0. The molecular formula is C13H10N2O3. The Morgan fingerprint density at radius 2 is 2.17 bits per heavy atom. The zero-order valence-electron chi connectivity index (χ0n) is 9.46. The molecule has 1 aromatic carbocycles. The summed E-state index contributed by atoms with van der Waals surface area (Å²) >= 11 is 0. The molecule has 1 unspecified atom stereocenters. The summed E-state index contributed by atoms with van der Waals surface area (Å²) in [4.78, 5) is 4.20. The summed E-state index contributed by atoms with van der Waals surface area (Å²) in [6.45, 7) is -0.0485. The zero-order chi connectivity index (χ0) is 12.5. The van der Waals surface area contributed by atoms with E-state index in [4.69, 9.17) is 14.7 Å². The molecule has 0 fully saturated rings. The van der Waals surface area contributed by atoms with Crippen LogP contribution < -0.4 is 9.47 Å². The van der Waals surface area contributed by atoms with Crippen LogP contribution in [0, 0.1) is 11.3 Å². The third-order valence-electron chi connectivity index (χ3n) is 2.96. The molecule has 0 saturated carbocycles. The number of nitrogens with zero attached hydrogens (tertiary/aromatic N) is 2. The van der Waals surface area contributed by atoms with Crippen molar-refractivity contribution in [1.29, 1.82) is 5.26 Å². The minimum Gasteiger partial charge on any atom is -0.454 e. The van der Waals surface area contributed by atoms with Gasteiger partial charge in [-0.1, -0.05) is 0 Å². The van der Waals surface area contributed by atoms with Crippen LogP contribution in [0.5, 0.6) is 11.5 Å². The Morgan fingerprint density at radius 3 is 2.89 bits per heavy atom. The fourth-order valence-corrected chi connectivity index (χ4v) is 2.05. The van der Waals surface area contributed by atoms with Crippen LogP contribution in [0.15, 0.2) is 24.4 Å². The van der Waals surface area contributed by atoms with E-state index in [2.05, 4.69) is 4.98 Å². The average Bonchev–Trinajstić information content (AvgIpc) is 2.85. The molecule has 0 amide bonds. The van der Waals surface area contributed by atoms with E-state index in [-0.39, 0.29) is 13.4 Å². The maximum Gasteiger partial charge on any atom is 0.231 e. The van der Waals surface area contributed by atoms with Crippen molar-refractivity contribution in [1.82, 2.24) is 4.98 Å². The van der Waals surface area contributed by atoms with Crippen LogP contribution in [0.2, 0.25) is 0 Å². The van der Waals surface area contributed by atoms with Gasteiger partial charge in [-0.2, -0.15) is 5.26 Å². The molecule has 0 bridgehead atoms. The van der Waals surface area contributed by atoms with Crippen molar-refractivity contribution in [3.05, 3.63) is 30.1 Å². The van der Waals surface area contributed by atoms with Gasteiger partial charge >= 0.3 is 0 Å². The minimum atomic E-state index is -0.630. The van der Waals surface area contributed by atoms with Gasteiger partial charge in [0.1, 0.15) is 5.92 Å². The van der Waals surface area contributed by atoms with Gasteiger partial charge in [-0.05, 0) is 23.6 Å². The van der Waals surface area contributed by atoms with Crippen LogP contribution in [0.1, 0.15) is 11.6 Å². The first-order chi connectivity index (χ1) is 8.83. The Kier molecular flexibility index (Phi) is 2.50. The maximum absolute atomic E-state index is 9.21. The molecule has 0 radical (unpaired) electrons. The van der Waals surface area contributed by atoms with E-state index < -0.39 is 5.92 Å². The molecule has 2 aromatic rings. The number of aromatic nitrogens is 1. The predicted molar refractivity (Wildman–Crippen MR) is 63.3 cm³/mol. The molecule has 1 atom stereocenters. The Balaban J connectivity index is 2.25. The van der Waals surface area contributed by atoms with Crippen LogP contribution in [0.4, 0.5) is 0 Å². The third-order valence-corrected chi connectivity index (χ3v) is 2.96. The Morgan fingerprint density at radius 1 is 1.39 bits per heavy atom. The number of aliphatic hydroxyl groups is 1. The van der Waals surface area contributed by atoms with E-state index >= 15 is 0 Å². The smallest absolute Gasteiger partial charge is 0.231 e. The van der Waals surface area contributed by atoms with Gasteiger partial charge in [-0.3, -0.25) is 4.98 Å². The topological polar surface area (TPSA) is 75.4 Å². The molecule has 1 aliphatic rings. The summed E-state index contributed by atoms with van der Waals surface area (Å²) in [7, 11) is 0. The molecule has 1 aliphatic heterocycles. The van der Waals surface area contributed by atoms with E-state index in [1.165, 1.54) is 0 Å². The quantitative estimate of drug-likeness (QED) is 0.864. The molecule has 0 saturated heterocycles. The summed E-state index contributed by atoms with van der Waals surface area (Å²) in [6.07, 6.45) is 1.62. The largest absolute Gasteiger partial charge is 0.454 e. The van der Waals surface area contributed by atoms with Crippen LogP contribution in [0.25, 0.3) is 10.8 Å². The lowest BCUT2D eigenvalue weighted by atomic mass is 10.0. The Labute approximate surface area is 103 Å². The van der Waals surface area contributed by atoms with Crippen molar-refractivity contribution in [2.24, 2.45) is 0 Å². The van der Waals surface area contributed by atoms with Crippen molar-refractivity contribution in [2.75, 3.05) is 13.4 Å². The van der Waals surface area contributed by atoms with Gasteiger partial charge in [-0.15, -0.1) is 0 Å². The van der Waals surface area contributed by atoms with E-state index in [9.17, 15) is 5.11 Å². The summed E-state index contributed by atoms with van der Waals surface area (Å²) in [5.41, 5.74) is 0.566. The molecule has 5 nitrogen and oxygen atoms in total. The highest BCUT2D eigenvalue weighted by Crippen LogP contribution is 2.37. The van der Waals surface area contributed by atoms with Gasteiger partial charge in [0.2, 0.25) is 6.79 Å². The Bertz CT molecular complexity index is 648. The zero-order valence-corrected chi connectivity index (χ0v) is 9.46. The molecular weight excluding hydrogens is 232 g/mol. The second-order valence-corrected chi connectivity index (χ2v) is 3.99. The predicted octanol–water partition coefficient (Wildman–Crippen LogP) is 1.56. The fraction of sp³-hybridized carbons (Fsp3) is 0.231. The number of pyridine rings is 1. The normalized spacial score (nSPS) is 14.4. The summed E-state index contributed by atoms with van der Waals surface area (Å²) in [6, 6.07) is 7.54. The van der Waals surface area contributed by atoms with Gasteiger partial charge in [0, 0.05) is 11.6 Å². The second kappa shape index (κ2) is 4.17. The number of hydrogen-bond acceptors (Lipinski definition) is 5. The average molecular weight is 242 g/mol. The van der Waals surface area contributed by atoms with Crippen molar-refractivity contribution in [2.45, 2.75) is 5.92 Å². The number of ether oxygens (including phenoxy) is 2. The van der Waals surface area contributed by atoms with Crippen LogP contribution in [0.3, 0.4) is 0 Å². The first-order valence-corrected chi connectivity index (χ1v) is 5.52. The van der Waals surface area contributed by atoms with E-state index in [1.54, 1.807) is 12.3 Å². The van der Waals surface area contributed by atoms with Crippen molar-refractivity contribution >= 4 is 10.8 Å². The van der Waals surface area contributed by atoms with Crippen molar-refractivity contribution in [3.8, 4) is 17.6 Å². The molecule has 3 rings (SSSR count). The summed E-state index contributed by atoms with van der Waals surface area (Å²) < 4.78 is 10.6. The van der Waals surface area contributed by atoms with Gasteiger partial charge in [-0.25, -0.2) is 0 Å². The highest BCUT2D eigenvalue weighted by atomic mass is 16.7. The molecule has 90 valence electrons. The van der Waals surface area contributed by atoms with Crippen LogP contribution in [-0.2, 0) is 0 Å². The fourth-order valence-electron chi connectivity index (χ4n) is 2.05. The molecule has 2 heterocycles. The number of hydrogen-bond donors (Lipinski definition) is 1. The number of fused-ring (bicyclic) bond motifs is 2. The maximum atomic E-state index is 9.21. The lowest BCUT2D eigenvalue weighted by Gasteiger charge is -2.09. The number of aliphatic hydroxyl groups excluding tert-OH is 1. The first kappa shape index (κ1) is 10.8. The molecule has 5 heteroatoms. The van der Waals surface area contributed by atoms with Crippen molar-refractivity contribution < 1.29 is 14.6 Å². The molecule has 0 spiro atoms. The molecule has 0 aliphatic carbocycles. The second-order valence-electron chi connectivity index (χ2n) is 3.99. The van der Waals surface area contributed by atoms with Crippen molar-refractivity contribution in [3.63, 3.8) is 0 Å². The number of nitriles is 1. The van der Waals surface area contributed by atoms with Gasteiger partial charge < -0.3 is 14.6 Å². The highest BCUT2D eigenvalue weighted by Gasteiger charge is 2.19. The van der Waals surface area contributed by atoms with Crippen LogP contribution in [-0.4, -0.2) is 23.5 Å². The first-order valence-electron chi connectivity index (χ1n) is 5.52. The summed E-state index contributed by atoms with van der Waals surface area (Å²) in [5.74, 6) is 0.706. The lowest BCUT2D eigenvalue weighted by molar-refractivity contribution is 0.174. The number of benzene rings is 1. The van der Waals surface area contributed by atoms with Gasteiger partial charge in [0.05, 0.1) is 18.4 Å². The number of rotatable bonds is 2. The Hall–Kier alpha value is -2.32. The highest BCUT2D eigenvalue weighted by molar-refractivity contribution is 5.88. The van der Waals surface area contributed by atoms with E-state index in [1.807, 2.05) is 18.2 Å². The van der Waals surface area contributed by atoms with Crippen LogP contribution >= 0.6 is 0 Å². The molecule has 1 N–H and O–H groups in total.